The smallest absolute Gasteiger partial charge is 0.171 e. The molecule has 0 amide bonds. The minimum atomic E-state index is 0.572. The lowest BCUT2D eigenvalue weighted by Crippen LogP contribution is -2.30. The number of hydrogen-bond acceptors (Lipinski definition) is 4. The molecule has 0 aromatic carbocycles. The second-order valence-electron chi connectivity index (χ2n) is 4.45. The van der Waals surface area contributed by atoms with Gasteiger partial charge in [-0.2, -0.15) is 0 Å². The van der Waals surface area contributed by atoms with E-state index in [2.05, 4.69) is 9.88 Å². The quantitative estimate of drug-likeness (QED) is 0.845. The fraction of sp³-hybridized carbons (Fsp3) is 0.615. The van der Waals surface area contributed by atoms with Crippen LogP contribution in [-0.4, -0.2) is 31.2 Å². The standard InChI is InChI=1S/C13H21N3O/c1-17-12-7-3-9-15-13(12)16-10-4-6-11(16)5-2-8-14/h3,7,9,11H,2,4-6,8,10,14H2,1H3. The Balaban J connectivity index is 2.14. The minimum absolute atomic E-state index is 0.572. The average molecular weight is 235 g/mol. The van der Waals surface area contributed by atoms with Crippen LogP contribution in [0, 0.1) is 0 Å². The molecule has 1 aromatic rings. The zero-order chi connectivity index (χ0) is 12.1. The predicted octanol–water partition coefficient (Wildman–Crippen LogP) is 1.80. The first-order valence-corrected chi connectivity index (χ1v) is 6.32. The van der Waals surface area contributed by atoms with Crippen LogP contribution in [0.3, 0.4) is 0 Å². The molecular formula is C13H21N3O. The number of hydrogen-bond donors (Lipinski definition) is 1. The molecule has 1 aromatic heterocycles. The maximum atomic E-state index is 5.59. The number of aromatic nitrogens is 1. The van der Waals surface area contributed by atoms with Crippen molar-refractivity contribution in [2.45, 2.75) is 31.7 Å². The van der Waals surface area contributed by atoms with Gasteiger partial charge in [-0.05, 0) is 44.4 Å². The normalized spacial score (nSPS) is 19.6. The van der Waals surface area contributed by atoms with Gasteiger partial charge in [-0.3, -0.25) is 0 Å². The van der Waals surface area contributed by atoms with Crippen molar-refractivity contribution in [2.75, 3.05) is 25.1 Å². The Morgan fingerprint density at radius 1 is 1.59 bits per heavy atom. The van der Waals surface area contributed by atoms with Gasteiger partial charge in [0.05, 0.1) is 7.11 Å². The SMILES string of the molecule is COc1cccnc1N1CCCC1CCCN. The Kier molecular flexibility index (Phi) is 4.20. The molecule has 1 unspecified atom stereocenters. The molecule has 1 aliphatic rings. The van der Waals surface area contributed by atoms with Gasteiger partial charge in [-0.25, -0.2) is 4.98 Å². The number of nitrogens with zero attached hydrogens (tertiary/aromatic N) is 2. The molecule has 2 N–H and O–H groups in total. The number of nitrogens with two attached hydrogens (primary N) is 1. The van der Waals surface area contributed by atoms with Crippen molar-refractivity contribution in [1.29, 1.82) is 0 Å². The van der Waals surface area contributed by atoms with Gasteiger partial charge < -0.3 is 15.4 Å². The van der Waals surface area contributed by atoms with Gasteiger partial charge >= 0.3 is 0 Å². The summed E-state index contributed by atoms with van der Waals surface area (Å²) >= 11 is 0. The molecule has 0 radical (unpaired) electrons. The first-order valence-electron chi connectivity index (χ1n) is 6.32. The van der Waals surface area contributed by atoms with Gasteiger partial charge in [0.25, 0.3) is 0 Å². The second kappa shape index (κ2) is 5.87. The Hall–Kier alpha value is -1.29. The third kappa shape index (κ3) is 2.69. The number of ether oxygens (including phenoxy) is 1. The van der Waals surface area contributed by atoms with E-state index in [1.54, 1.807) is 7.11 Å². The molecule has 0 spiro atoms. The summed E-state index contributed by atoms with van der Waals surface area (Å²) in [6.45, 7) is 1.84. The fourth-order valence-corrected chi connectivity index (χ4v) is 2.53. The van der Waals surface area contributed by atoms with Crippen molar-refractivity contribution in [2.24, 2.45) is 5.73 Å². The lowest BCUT2D eigenvalue weighted by molar-refractivity contribution is 0.411. The highest BCUT2D eigenvalue weighted by molar-refractivity contribution is 5.53. The van der Waals surface area contributed by atoms with Gasteiger partial charge in [-0.1, -0.05) is 0 Å². The third-order valence-electron chi connectivity index (χ3n) is 3.36. The molecule has 4 heteroatoms. The summed E-state index contributed by atoms with van der Waals surface area (Å²) in [4.78, 5) is 6.83. The Morgan fingerprint density at radius 3 is 3.24 bits per heavy atom. The van der Waals surface area contributed by atoms with Crippen LogP contribution in [0.15, 0.2) is 18.3 Å². The molecule has 94 valence electrons. The molecule has 1 saturated heterocycles. The van der Waals surface area contributed by atoms with Crippen molar-refractivity contribution in [3.05, 3.63) is 18.3 Å². The van der Waals surface area contributed by atoms with Crippen LogP contribution in [0.25, 0.3) is 0 Å². The summed E-state index contributed by atoms with van der Waals surface area (Å²) in [5.41, 5.74) is 5.59. The molecule has 2 heterocycles. The van der Waals surface area contributed by atoms with E-state index >= 15 is 0 Å². The Bertz CT molecular complexity index is 356. The highest BCUT2D eigenvalue weighted by Crippen LogP contribution is 2.32. The highest BCUT2D eigenvalue weighted by Gasteiger charge is 2.26. The highest BCUT2D eigenvalue weighted by atomic mass is 16.5. The lowest BCUT2D eigenvalue weighted by Gasteiger charge is -2.26. The van der Waals surface area contributed by atoms with Gasteiger partial charge in [0.2, 0.25) is 0 Å². The van der Waals surface area contributed by atoms with Crippen molar-refractivity contribution in [3.8, 4) is 5.75 Å². The monoisotopic (exact) mass is 235 g/mol. The van der Waals surface area contributed by atoms with Gasteiger partial charge in [0, 0.05) is 18.8 Å². The maximum Gasteiger partial charge on any atom is 0.171 e. The van der Waals surface area contributed by atoms with Crippen molar-refractivity contribution < 1.29 is 4.74 Å². The van der Waals surface area contributed by atoms with Crippen molar-refractivity contribution in [1.82, 2.24) is 4.98 Å². The van der Waals surface area contributed by atoms with E-state index in [1.165, 1.54) is 12.8 Å². The lowest BCUT2D eigenvalue weighted by atomic mass is 10.1. The zero-order valence-electron chi connectivity index (χ0n) is 10.4. The van der Waals surface area contributed by atoms with E-state index in [0.717, 1.165) is 37.5 Å². The molecule has 0 bridgehead atoms. The molecule has 17 heavy (non-hydrogen) atoms. The number of anilines is 1. The minimum Gasteiger partial charge on any atom is -0.493 e. The van der Waals surface area contributed by atoms with Gasteiger partial charge in [0.15, 0.2) is 11.6 Å². The van der Waals surface area contributed by atoms with E-state index in [1.807, 2.05) is 18.3 Å². The Labute approximate surface area is 103 Å². The third-order valence-corrected chi connectivity index (χ3v) is 3.36. The molecule has 1 atom stereocenters. The molecular weight excluding hydrogens is 214 g/mol. The summed E-state index contributed by atoms with van der Waals surface area (Å²) in [5.74, 6) is 1.85. The summed E-state index contributed by atoms with van der Waals surface area (Å²) in [5, 5.41) is 0. The Morgan fingerprint density at radius 2 is 2.47 bits per heavy atom. The van der Waals surface area contributed by atoms with E-state index in [0.29, 0.717) is 6.04 Å². The maximum absolute atomic E-state index is 5.59. The molecule has 4 nitrogen and oxygen atoms in total. The van der Waals surface area contributed by atoms with E-state index < -0.39 is 0 Å². The van der Waals surface area contributed by atoms with Crippen LogP contribution in [0.4, 0.5) is 5.82 Å². The summed E-state index contributed by atoms with van der Waals surface area (Å²) in [6, 6.07) is 4.45. The summed E-state index contributed by atoms with van der Waals surface area (Å²) in [7, 11) is 1.70. The summed E-state index contributed by atoms with van der Waals surface area (Å²) < 4.78 is 5.38. The molecule has 0 saturated carbocycles. The van der Waals surface area contributed by atoms with E-state index in [4.69, 9.17) is 10.5 Å². The van der Waals surface area contributed by atoms with Crippen LogP contribution >= 0.6 is 0 Å². The van der Waals surface area contributed by atoms with Crippen LogP contribution in [0.2, 0.25) is 0 Å². The number of methoxy groups -OCH3 is 1. The van der Waals surface area contributed by atoms with Gasteiger partial charge in [0.1, 0.15) is 0 Å². The number of pyridine rings is 1. The zero-order valence-corrected chi connectivity index (χ0v) is 10.4. The van der Waals surface area contributed by atoms with Crippen LogP contribution in [0.5, 0.6) is 5.75 Å². The van der Waals surface area contributed by atoms with Crippen LogP contribution in [0.1, 0.15) is 25.7 Å². The van der Waals surface area contributed by atoms with E-state index in [9.17, 15) is 0 Å². The number of rotatable bonds is 5. The second-order valence-corrected chi connectivity index (χ2v) is 4.45. The first kappa shape index (κ1) is 12.2. The fourth-order valence-electron chi connectivity index (χ4n) is 2.53. The van der Waals surface area contributed by atoms with Gasteiger partial charge in [-0.15, -0.1) is 0 Å². The molecule has 2 rings (SSSR count). The van der Waals surface area contributed by atoms with E-state index in [-0.39, 0.29) is 0 Å². The first-order chi connectivity index (χ1) is 8.36. The average Bonchev–Trinajstić information content (AvgIpc) is 2.84. The van der Waals surface area contributed by atoms with Crippen molar-refractivity contribution >= 4 is 5.82 Å². The largest absolute Gasteiger partial charge is 0.493 e. The predicted molar refractivity (Wildman–Crippen MR) is 69.4 cm³/mol. The molecule has 0 aliphatic carbocycles. The van der Waals surface area contributed by atoms with Crippen LogP contribution < -0.4 is 15.4 Å². The molecule has 1 aliphatic heterocycles. The summed E-state index contributed by atoms with van der Waals surface area (Å²) in [6.07, 6.45) is 6.53. The van der Waals surface area contributed by atoms with Crippen molar-refractivity contribution in [3.63, 3.8) is 0 Å². The van der Waals surface area contributed by atoms with Crippen LogP contribution in [-0.2, 0) is 0 Å². The molecule has 1 fully saturated rings. The topological polar surface area (TPSA) is 51.4 Å².